The SMILES string of the molecule is C[C@H]1C=C[C@@]2(O)CCCC2=C1. The molecule has 0 aromatic rings. The third-order valence-corrected chi connectivity index (χ3v) is 2.70. The van der Waals surface area contributed by atoms with Gasteiger partial charge in [0.1, 0.15) is 5.60 Å². The van der Waals surface area contributed by atoms with Crippen molar-refractivity contribution in [3.63, 3.8) is 0 Å². The van der Waals surface area contributed by atoms with Gasteiger partial charge in [0.15, 0.2) is 0 Å². The van der Waals surface area contributed by atoms with Crippen LogP contribution in [0.15, 0.2) is 23.8 Å². The Morgan fingerprint density at radius 1 is 1.64 bits per heavy atom. The summed E-state index contributed by atoms with van der Waals surface area (Å²) in [4.78, 5) is 0. The molecule has 0 heterocycles. The van der Waals surface area contributed by atoms with Gasteiger partial charge in [-0.25, -0.2) is 0 Å². The van der Waals surface area contributed by atoms with Crippen LogP contribution in [0.2, 0.25) is 0 Å². The minimum absolute atomic E-state index is 0.517. The number of allylic oxidation sites excluding steroid dienone is 2. The Kier molecular flexibility index (Phi) is 1.43. The molecular weight excluding hydrogens is 136 g/mol. The second-order valence-electron chi connectivity index (χ2n) is 3.69. The van der Waals surface area contributed by atoms with Crippen LogP contribution < -0.4 is 0 Å². The van der Waals surface area contributed by atoms with Crippen LogP contribution in [0.1, 0.15) is 26.2 Å². The van der Waals surface area contributed by atoms with Crippen LogP contribution in [0.5, 0.6) is 0 Å². The molecule has 0 saturated heterocycles. The van der Waals surface area contributed by atoms with Gasteiger partial charge in [-0.15, -0.1) is 0 Å². The lowest BCUT2D eigenvalue weighted by Gasteiger charge is -2.25. The summed E-state index contributed by atoms with van der Waals surface area (Å²) < 4.78 is 0. The molecule has 0 aliphatic heterocycles. The van der Waals surface area contributed by atoms with Gasteiger partial charge in [-0.1, -0.05) is 25.2 Å². The average Bonchev–Trinajstić information content (AvgIpc) is 2.31. The van der Waals surface area contributed by atoms with E-state index in [1.807, 2.05) is 6.08 Å². The van der Waals surface area contributed by atoms with E-state index in [4.69, 9.17) is 0 Å². The predicted octanol–water partition coefficient (Wildman–Crippen LogP) is 2.03. The Labute approximate surface area is 67.4 Å². The van der Waals surface area contributed by atoms with Crippen LogP contribution in [0.3, 0.4) is 0 Å². The molecule has 0 unspecified atom stereocenters. The molecule has 0 radical (unpaired) electrons. The summed E-state index contributed by atoms with van der Waals surface area (Å²) in [7, 11) is 0. The topological polar surface area (TPSA) is 20.2 Å². The predicted molar refractivity (Wildman–Crippen MR) is 45.2 cm³/mol. The molecule has 0 bridgehead atoms. The van der Waals surface area contributed by atoms with Crippen LogP contribution in [0, 0.1) is 5.92 Å². The van der Waals surface area contributed by atoms with Crippen molar-refractivity contribution in [3.8, 4) is 0 Å². The van der Waals surface area contributed by atoms with Crippen molar-refractivity contribution in [2.24, 2.45) is 5.92 Å². The van der Waals surface area contributed by atoms with Crippen LogP contribution in [-0.4, -0.2) is 10.7 Å². The molecule has 0 amide bonds. The van der Waals surface area contributed by atoms with Crippen molar-refractivity contribution < 1.29 is 5.11 Å². The first-order chi connectivity index (χ1) is 5.21. The Hall–Kier alpha value is -0.560. The van der Waals surface area contributed by atoms with Crippen molar-refractivity contribution in [2.75, 3.05) is 0 Å². The zero-order valence-electron chi connectivity index (χ0n) is 6.88. The molecule has 2 rings (SSSR count). The summed E-state index contributed by atoms with van der Waals surface area (Å²) in [5.74, 6) is 0.517. The molecule has 1 heteroatoms. The molecular formula is C10H14O. The van der Waals surface area contributed by atoms with E-state index < -0.39 is 5.60 Å². The van der Waals surface area contributed by atoms with Gasteiger partial charge in [0.25, 0.3) is 0 Å². The van der Waals surface area contributed by atoms with E-state index >= 15 is 0 Å². The molecule has 0 aromatic carbocycles. The second kappa shape index (κ2) is 2.21. The Morgan fingerprint density at radius 3 is 3.27 bits per heavy atom. The number of fused-ring (bicyclic) bond motifs is 1. The van der Waals surface area contributed by atoms with Gasteiger partial charge in [0.2, 0.25) is 0 Å². The van der Waals surface area contributed by atoms with E-state index in [0.717, 1.165) is 19.3 Å². The molecule has 2 atom stereocenters. The summed E-state index contributed by atoms with van der Waals surface area (Å²) in [5, 5.41) is 9.97. The van der Waals surface area contributed by atoms with Crippen LogP contribution >= 0.6 is 0 Å². The highest BCUT2D eigenvalue weighted by atomic mass is 16.3. The Bertz CT molecular complexity index is 227. The van der Waals surface area contributed by atoms with Crippen LogP contribution in [0.25, 0.3) is 0 Å². The molecule has 60 valence electrons. The lowest BCUT2D eigenvalue weighted by atomic mass is 9.88. The first-order valence-electron chi connectivity index (χ1n) is 4.34. The van der Waals surface area contributed by atoms with Crippen LogP contribution in [0.4, 0.5) is 0 Å². The van der Waals surface area contributed by atoms with Crippen molar-refractivity contribution >= 4 is 0 Å². The molecule has 2 aliphatic carbocycles. The van der Waals surface area contributed by atoms with Gasteiger partial charge in [-0.2, -0.15) is 0 Å². The first kappa shape index (κ1) is 7.11. The van der Waals surface area contributed by atoms with Crippen LogP contribution in [-0.2, 0) is 0 Å². The van der Waals surface area contributed by atoms with E-state index in [0.29, 0.717) is 5.92 Å². The van der Waals surface area contributed by atoms with Gasteiger partial charge in [-0.05, 0) is 30.8 Å². The van der Waals surface area contributed by atoms with Gasteiger partial charge in [-0.3, -0.25) is 0 Å². The molecule has 1 nitrogen and oxygen atoms in total. The number of rotatable bonds is 0. The lowest BCUT2D eigenvalue weighted by molar-refractivity contribution is 0.134. The highest BCUT2D eigenvalue weighted by molar-refractivity contribution is 5.33. The van der Waals surface area contributed by atoms with Gasteiger partial charge in [0, 0.05) is 0 Å². The molecule has 1 fully saturated rings. The highest BCUT2D eigenvalue weighted by Crippen LogP contribution is 2.39. The lowest BCUT2D eigenvalue weighted by Crippen LogP contribution is -2.26. The van der Waals surface area contributed by atoms with Gasteiger partial charge >= 0.3 is 0 Å². The summed E-state index contributed by atoms with van der Waals surface area (Å²) in [6, 6.07) is 0. The fourth-order valence-corrected chi connectivity index (χ4v) is 2.03. The maximum atomic E-state index is 9.97. The van der Waals surface area contributed by atoms with E-state index in [9.17, 15) is 5.11 Å². The molecule has 2 aliphatic rings. The molecule has 1 saturated carbocycles. The van der Waals surface area contributed by atoms with Crippen molar-refractivity contribution in [1.82, 2.24) is 0 Å². The average molecular weight is 150 g/mol. The molecule has 0 spiro atoms. The van der Waals surface area contributed by atoms with Crippen molar-refractivity contribution in [3.05, 3.63) is 23.8 Å². The summed E-state index contributed by atoms with van der Waals surface area (Å²) in [6.45, 7) is 2.15. The quantitative estimate of drug-likeness (QED) is 0.524. The summed E-state index contributed by atoms with van der Waals surface area (Å²) in [6.07, 6.45) is 9.41. The van der Waals surface area contributed by atoms with Crippen molar-refractivity contribution in [2.45, 2.75) is 31.8 Å². The normalized spacial score (nSPS) is 42.0. The highest BCUT2D eigenvalue weighted by Gasteiger charge is 2.35. The van der Waals surface area contributed by atoms with Gasteiger partial charge in [0.05, 0.1) is 0 Å². The minimum Gasteiger partial charge on any atom is -0.381 e. The fourth-order valence-electron chi connectivity index (χ4n) is 2.03. The van der Waals surface area contributed by atoms with E-state index in [1.165, 1.54) is 5.57 Å². The fraction of sp³-hybridized carbons (Fsp3) is 0.600. The number of hydrogen-bond donors (Lipinski definition) is 1. The number of hydrogen-bond acceptors (Lipinski definition) is 1. The summed E-state index contributed by atoms with van der Waals surface area (Å²) >= 11 is 0. The number of aliphatic hydroxyl groups is 1. The third kappa shape index (κ3) is 1.04. The monoisotopic (exact) mass is 150 g/mol. The van der Waals surface area contributed by atoms with E-state index in [1.54, 1.807) is 0 Å². The third-order valence-electron chi connectivity index (χ3n) is 2.70. The maximum Gasteiger partial charge on any atom is 0.104 e. The zero-order chi connectivity index (χ0) is 7.90. The minimum atomic E-state index is -0.549. The first-order valence-corrected chi connectivity index (χ1v) is 4.34. The maximum absolute atomic E-state index is 9.97. The van der Waals surface area contributed by atoms with Crippen molar-refractivity contribution in [1.29, 1.82) is 0 Å². The largest absolute Gasteiger partial charge is 0.381 e. The Morgan fingerprint density at radius 2 is 2.45 bits per heavy atom. The second-order valence-corrected chi connectivity index (χ2v) is 3.69. The molecule has 0 aromatic heterocycles. The smallest absolute Gasteiger partial charge is 0.104 e. The Balaban J connectivity index is 2.34. The molecule has 11 heavy (non-hydrogen) atoms. The summed E-state index contributed by atoms with van der Waals surface area (Å²) in [5.41, 5.74) is 0.694. The standard InChI is InChI=1S/C10H14O/c1-8-4-6-10(11)5-2-3-9(10)7-8/h4,6-8,11H,2-3,5H2,1H3/t8-,10-/m0/s1. The zero-order valence-corrected chi connectivity index (χ0v) is 6.88. The van der Waals surface area contributed by atoms with E-state index in [2.05, 4.69) is 19.1 Å². The van der Waals surface area contributed by atoms with E-state index in [-0.39, 0.29) is 0 Å². The van der Waals surface area contributed by atoms with Gasteiger partial charge < -0.3 is 5.11 Å². The molecule has 1 N–H and O–H groups in total.